The highest BCUT2D eigenvalue weighted by molar-refractivity contribution is 5.73. The average Bonchev–Trinajstić information content (AvgIpc) is 2.87. The number of fused-ring (bicyclic) bond motifs is 1. The number of phenols is 1. The Kier molecular flexibility index (Phi) is 6.53. The van der Waals surface area contributed by atoms with Crippen LogP contribution in [0.5, 0.6) is 11.5 Å². The molecule has 0 bridgehead atoms. The van der Waals surface area contributed by atoms with Crippen molar-refractivity contribution in [3.63, 3.8) is 0 Å². The van der Waals surface area contributed by atoms with Crippen LogP contribution in [0.25, 0.3) is 22.5 Å². The van der Waals surface area contributed by atoms with Crippen molar-refractivity contribution >= 4 is 5.82 Å². The van der Waals surface area contributed by atoms with Crippen molar-refractivity contribution in [2.45, 2.75) is 77.1 Å². The molecule has 2 aliphatic rings. The van der Waals surface area contributed by atoms with E-state index in [2.05, 4.69) is 34.0 Å². The maximum atomic E-state index is 15.0. The van der Waals surface area contributed by atoms with Gasteiger partial charge in [-0.05, 0) is 69.2 Å². The smallest absolute Gasteiger partial charge is 0.185 e. The third kappa shape index (κ3) is 4.73. The molecule has 1 aliphatic carbocycles. The number of benzene rings is 1. The van der Waals surface area contributed by atoms with E-state index in [1.54, 1.807) is 18.3 Å². The standard InChI is InChI=1S/C28H34FN5O2/c1-5-17-7-6-8-22(26(17)29)34(4)25-16-31-27(33-32-25)20-10-9-18(13-23(20)35)19-14-24-21(30-15-19)11-12-28(2,3)36-24/h9-10,13-17,22,26,35H,5-8,11-12H2,1-4H3/t17-,22+,26-/m1/s1. The number of phenolic OH excluding ortho intramolecular Hbond substituents is 1. The number of hydrogen-bond donors (Lipinski definition) is 1. The Morgan fingerprint density at radius 1 is 1.11 bits per heavy atom. The molecule has 3 heterocycles. The van der Waals surface area contributed by atoms with Gasteiger partial charge in [0.05, 0.1) is 23.5 Å². The molecule has 0 unspecified atom stereocenters. The summed E-state index contributed by atoms with van der Waals surface area (Å²) in [5, 5.41) is 19.3. The van der Waals surface area contributed by atoms with Gasteiger partial charge in [0.15, 0.2) is 11.6 Å². The van der Waals surface area contributed by atoms with E-state index >= 15 is 0 Å². The monoisotopic (exact) mass is 491 g/mol. The van der Waals surface area contributed by atoms with Crippen LogP contribution in [0.1, 0.15) is 58.6 Å². The summed E-state index contributed by atoms with van der Waals surface area (Å²) in [5.41, 5.74) is 2.91. The molecule has 190 valence electrons. The van der Waals surface area contributed by atoms with Crippen LogP contribution in [0.4, 0.5) is 10.2 Å². The maximum Gasteiger partial charge on any atom is 0.185 e. The topological polar surface area (TPSA) is 84.3 Å². The number of ether oxygens (including phenoxy) is 1. The largest absolute Gasteiger partial charge is 0.507 e. The van der Waals surface area contributed by atoms with Gasteiger partial charge in [0, 0.05) is 18.8 Å². The second kappa shape index (κ2) is 9.64. The third-order valence-corrected chi connectivity index (χ3v) is 7.68. The highest BCUT2D eigenvalue weighted by Gasteiger charge is 2.35. The first-order valence-electron chi connectivity index (χ1n) is 12.8. The second-order valence-electron chi connectivity index (χ2n) is 10.6. The Bertz CT molecular complexity index is 1230. The van der Waals surface area contributed by atoms with Crippen molar-refractivity contribution < 1.29 is 14.2 Å². The molecule has 5 rings (SSSR count). The molecule has 1 fully saturated rings. The fourth-order valence-electron chi connectivity index (χ4n) is 5.36. The van der Waals surface area contributed by atoms with E-state index in [4.69, 9.17) is 4.74 Å². The van der Waals surface area contributed by atoms with Crippen LogP contribution in [-0.2, 0) is 6.42 Å². The second-order valence-corrected chi connectivity index (χ2v) is 10.6. The zero-order chi connectivity index (χ0) is 25.4. The van der Waals surface area contributed by atoms with Crippen molar-refractivity contribution in [1.29, 1.82) is 0 Å². The first-order chi connectivity index (χ1) is 17.3. The lowest BCUT2D eigenvalue weighted by Gasteiger charge is -2.38. The molecular formula is C28H34FN5O2. The Morgan fingerprint density at radius 2 is 1.94 bits per heavy atom. The van der Waals surface area contributed by atoms with Gasteiger partial charge in [0.25, 0.3) is 0 Å². The van der Waals surface area contributed by atoms with Gasteiger partial charge < -0.3 is 14.7 Å². The summed E-state index contributed by atoms with van der Waals surface area (Å²) in [7, 11) is 1.85. The molecule has 0 radical (unpaired) electrons. The summed E-state index contributed by atoms with van der Waals surface area (Å²) in [5.74, 6) is 1.78. The minimum absolute atomic E-state index is 0.0521. The molecule has 2 aromatic heterocycles. The number of aryl methyl sites for hydroxylation is 1. The van der Waals surface area contributed by atoms with Crippen molar-refractivity contribution in [2.24, 2.45) is 5.92 Å². The van der Waals surface area contributed by atoms with Gasteiger partial charge in [-0.25, -0.2) is 9.37 Å². The predicted molar refractivity (Wildman–Crippen MR) is 138 cm³/mol. The molecule has 8 heteroatoms. The molecule has 1 saturated carbocycles. The quantitative estimate of drug-likeness (QED) is 0.485. The van der Waals surface area contributed by atoms with E-state index in [9.17, 15) is 9.50 Å². The third-order valence-electron chi connectivity index (χ3n) is 7.68. The molecular weight excluding hydrogens is 457 g/mol. The number of aromatic nitrogens is 4. The van der Waals surface area contributed by atoms with Crippen molar-refractivity contribution in [3.05, 3.63) is 42.4 Å². The molecule has 36 heavy (non-hydrogen) atoms. The fraction of sp³-hybridized carbons (Fsp3) is 0.500. The summed E-state index contributed by atoms with van der Waals surface area (Å²) < 4.78 is 21.1. The van der Waals surface area contributed by atoms with Gasteiger partial charge in [0.2, 0.25) is 0 Å². The SMILES string of the molecule is CC[C@@H]1CCC[C@H](N(C)c2cnc(-c3ccc(-c4cnc5c(c4)OC(C)(C)CC5)cc3O)nn2)[C@@H]1F. The molecule has 7 nitrogen and oxygen atoms in total. The predicted octanol–water partition coefficient (Wildman–Crippen LogP) is 5.76. The highest BCUT2D eigenvalue weighted by Crippen LogP contribution is 2.37. The number of aromatic hydroxyl groups is 1. The van der Waals surface area contributed by atoms with Gasteiger partial charge in [0.1, 0.15) is 23.3 Å². The fourth-order valence-corrected chi connectivity index (χ4v) is 5.36. The summed E-state index contributed by atoms with van der Waals surface area (Å²) >= 11 is 0. The number of hydrogen-bond acceptors (Lipinski definition) is 7. The zero-order valence-corrected chi connectivity index (χ0v) is 21.4. The summed E-state index contributed by atoms with van der Waals surface area (Å²) in [4.78, 5) is 10.9. The van der Waals surface area contributed by atoms with Gasteiger partial charge >= 0.3 is 0 Å². The number of halogens is 1. The number of rotatable bonds is 5. The first-order valence-corrected chi connectivity index (χ1v) is 12.8. The van der Waals surface area contributed by atoms with Crippen LogP contribution < -0.4 is 9.64 Å². The van der Waals surface area contributed by atoms with Gasteiger partial charge in [-0.15, -0.1) is 10.2 Å². The molecule has 0 saturated heterocycles. The molecule has 0 amide bonds. The number of alkyl halides is 1. The van der Waals surface area contributed by atoms with Crippen molar-refractivity contribution in [1.82, 2.24) is 20.2 Å². The van der Waals surface area contributed by atoms with Crippen LogP contribution in [0.2, 0.25) is 0 Å². The summed E-state index contributed by atoms with van der Waals surface area (Å²) in [6.07, 6.45) is 7.92. The molecule has 1 aromatic carbocycles. The Morgan fingerprint density at radius 3 is 2.67 bits per heavy atom. The van der Waals surface area contributed by atoms with Gasteiger partial charge in [-0.2, -0.15) is 0 Å². The highest BCUT2D eigenvalue weighted by atomic mass is 19.1. The Hall–Kier alpha value is -3.29. The molecule has 1 aliphatic heterocycles. The zero-order valence-electron chi connectivity index (χ0n) is 21.4. The summed E-state index contributed by atoms with van der Waals surface area (Å²) in [6.45, 7) is 6.20. The minimum Gasteiger partial charge on any atom is -0.507 e. The maximum absolute atomic E-state index is 15.0. The van der Waals surface area contributed by atoms with Crippen LogP contribution in [0.3, 0.4) is 0 Å². The number of pyridine rings is 1. The normalized spacial score (nSPS) is 23.0. The lowest BCUT2D eigenvalue weighted by Crippen LogP contribution is -2.45. The summed E-state index contributed by atoms with van der Waals surface area (Å²) in [6, 6.07) is 7.11. The lowest BCUT2D eigenvalue weighted by atomic mass is 9.82. The van der Waals surface area contributed by atoms with E-state index in [1.807, 2.05) is 37.2 Å². The minimum atomic E-state index is -0.888. The van der Waals surface area contributed by atoms with E-state index < -0.39 is 6.17 Å². The van der Waals surface area contributed by atoms with Crippen molar-refractivity contribution in [2.75, 3.05) is 11.9 Å². The Balaban J connectivity index is 1.34. The van der Waals surface area contributed by atoms with Crippen LogP contribution in [0.15, 0.2) is 36.7 Å². The van der Waals surface area contributed by atoms with Gasteiger partial charge in [-0.3, -0.25) is 4.98 Å². The first kappa shape index (κ1) is 24.4. The van der Waals surface area contributed by atoms with Crippen LogP contribution in [-0.4, -0.2) is 50.1 Å². The number of anilines is 1. The Labute approximate surface area is 211 Å². The van der Waals surface area contributed by atoms with Crippen LogP contribution >= 0.6 is 0 Å². The molecule has 3 atom stereocenters. The van der Waals surface area contributed by atoms with Gasteiger partial charge in [-0.1, -0.05) is 25.8 Å². The molecule has 0 spiro atoms. The number of nitrogens with zero attached hydrogens (tertiary/aromatic N) is 5. The molecule has 3 aromatic rings. The van der Waals surface area contributed by atoms with E-state index in [0.717, 1.165) is 61.1 Å². The van der Waals surface area contributed by atoms with Crippen molar-refractivity contribution in [3.8, 4) is 34.0 Å². The van der Waals surface area contributed by atoms with E-state index in [0.29, 0.717) is 17.2 Å². The van der Waals surface area contributed by atoms with E-state index in [1.165, 1.54) is 0 Å². The lowest BCUT2D eigenvalue weighted by molar-refractivity contribution is 0.0831. The average molecular weight is 492 g/mol. The van der Waals surface area contributed by atoms with E-state index in [-0.39, 0.29) is 23.3 Å². The van der Waals surface area contributed by atoms with Crippen LogP contribution in [0, 0.1) is 5.92 Å². The molecule has 1 N–H and O–H groups in total.